The molecule has 0 bridgehead atoms. The van der Waals surface area contributed by atoms with Gasteiger partial charge in [-0.3, -0.25) is 9.36 Å². The zero-order valence-corrected chi connectivity index (χ0v) is 11.3. The summed E-state index contributed by atoms with van der Waals surface area (Å²) in [6, 6.07) is 1.88. The molecule has 17 heavy (non-hydrogen) atoms. The Kier molecular flexibility index (Phi) is 3.24. The number of aryl methyl sites for hydroxylation is 2. The number of hydrogen-bond acceptors (Lipinski definition) is 4. The van der Waals surface area contributed by atoms with Crippen LogP contribution in [0.25, 0.3) is 11.0 Å². The van der Waals surface area contributed by atoms with Crippen LogP contribution in [-0.2, 0) is 6.54 Å². The molecule has 0 aromatic carbocycles. The van der Waals surface area contributed by atoms with Gasteiger partial charge < -0.3 is 0 Å². The molecule has 0 radical (unpaired) electrons. The van der Waals surface area contributed by atoms with E-state index in [-0.39, 0.29) is 5.56 Å². The minimum absolute atomic E-state index is 0.0325. The molecule has 0 atom stereocenters. The summed E-state index contributed by atoms with van der Waals surface area (Å²) in [4.78, 5) is 20.9. The van der Waals surface area contributed by atoms with Crippen molar-refractivity contribution in [1.82, 2.24) is 14.5 Å². The fourth-order valence-electron chi connectivity index (χ4n) is 1.89. The summed E-state index contributed by atoms with van der Waals surface area (Å²) in [7, 11) is 1.83. The second-order valence-electron chi connectivity index (χ2n) is 3.91. The molecular formula is C11H14BN3OS. The molecule has 0 saturated heterocycles. The molecule has 0 aliphatic heterocycles. The number of fused-ring (bicyclic) bond motifs is 1. The smallest absolute Gasteiger partial charge is 0.245 e. The van der Waals surface area contributed by atoms with E-state index in [1.807, 2.05) is 34.0 Å². The molecule has 0 amide bonds. The number of rotatable bonds is 2. The normalized spacial score (nSPS) is 11.0. The van der Waals surface area contributed by atoms with Crippen LogP contribution in [0.1, 0.15) is 12.6 Å². The summed E-state index contributed by atoms with van der Waals surface area (Å²) in [5, 5.41) is 1.67. The van der Waals surface area contributed by atoms with E-state index in [0.717, 1.165) is 22.2 Å². The zero-order chi connectivity index (χ0) is 12.6. The van der Waals surface area contributed by atoms with Crippen LogP contribution in [0.3, 0.4) is 0 Å². The summed E-state index contributed by atoms with van der Waals surface area (Å²) < 4.78 is 1.71. The first kappa shape index (κ1) is 12.2. The minimum Gasteiger partial charge on any atom is -0.293 e. The van der Waals surface area contributed by atoms with Crippen molar-refractivity contribution in [3.05, 3.63) is 22.1 Å². The SMILES string of the molecule is Bc1cc2c(C)nc(SC)nc2n(CC)c1=O. The average Bonchev–Trinajstić information content (AvgIpc) is 2.32. The number of aromatic nitrogens is 3. The predicted octanol–water partition coefficient (Wildman–Crippen LogP) is 0.100. The third-order valence-electron chi connectivity index (χ3n) is 2.79. The second-order valence-corrected chi connectivity index (χ2v) is 4.68. The fourth-order valence-corrected chi connectivity index (χ4v) is 2.29. The van der Waals surface area contributed by atoms with Crippen molar-refractivity contribution in [3.63, 3.8) is 0 Å². The lowest BCUT2D eigenvalue weighted by Crippen LogP contribution is -2.34. The first-order valence-electron chi connectivity index (χ1n) is 5.51. The molecule has 88 valence electrons. The lowest BCUT2D eigenvalue weighted by Gasteiger charge is -2.11. The molecular weight excluding hydrogens is 233 g/mol. The van der Waals surface area contributed by atoms with Gasteiger partial charge in [0.2, 0.25) is 5.56 Å². The second kappa shape index (κ2) is 4.53. The summed E-state index contributed by atoms with van der Waals surface area (Å²) in [5.41, 5.74) is 2.43. The zero-order valence-electron chi connectivity index (χ0n) is 10.4. The Morgan fingerprint density at radius 2 is 2.18 bits per heavy atom. The van der Waals surface area contributed by atoms with Gasteiger partial charge in [0.1, 0.15) is 13.5 Å². The van der Waals surface area contributed by atoms with Gasteiger partial charge in [0.25, 0.3) is 0 Å². The highest BCUT2D eigenvalue weighted by atomic mass is 32.2. The van der Waals surface area contributed by atoms with E-state index >= 15 is 0 Å². The van der Waals surface area contributed by atoms with Crippen molar-refractivity contribution in [3.8, 4) is 0 Å². The highest BCUT2D eigenvalue weighted by Gasteiger charge is 2.10. The maximum Gasteiger partial charge on any atom is 0.245 e. The minimum atomic E-state index is 0.0325. The van der Waals surface area contributed by atoms with Crippen LogP contribution >= 0.6 is 11.8 Å². The van der Waals surface area contributed by atoms with Crippen molar-refractivity contribution < 1.29 is 0 Å². The molecule has 4 nitrogen and oxygen atoms in total. The third-order valence-corrected chi connectivity index (χ3v) is 3.34. The van der Waals surface area contributed by atoms with Gasteiger partial charge in [0, 0.05) is 11.9 Å². The molecule has 2 aromatic rings. The Morgan fingerprint density at radius 1 is 1.47 bits per heavy atom. The Morgan fingerprint density at radius 3 is 2.76 bits per heavy atom. The van der Waals surface area contributed by atoms with E-state index in [1.54, 1.807) is 4.57 Å². The summed E-state index contributed by atoms with van der Waals surface area (Å²) in [6.07, 6.45) is 1.93. The van der Waals surface area contributed by atoms with Crippen LogP contribution in [0.2, 0.25) is 0 Å². The van der Waals surface area contributed by atoms with E-state index in [2.05, 4.69) is 9.97 Å². The molecule has 0 aliphatic carbocycles. The first-order valence-corrected chi connectivity index (χ1v) is 6.73. The van der Waals surface area contributed by atoms with Gasteiger partial charge in [0.15, 0.2) is 5.16 Å². The van der Waals surface area contributed by atoms with E-state index < -0.39 is 0 Å². The topological polar surface area (TPSA) is 47.8 Å². The van der Waals surface area contributed by atoms with Gasteiger partial charge in [0.05, 0.1) is 5.69 Å². The largest absolute Gasteiger partial charge is 0.293 e. The Hall–Kier alpha value is -1.30. The van der Waals surface area contributed by atoms with Crippen LogP contribution in [0.15, 0.2) is 16.0 Å². The summed E-state index contributed by atoms with van der Waals surface area (Å²) in [6.45, 7) is 4.53. The Balaban J connectivity index is 2.96. The van der Waals surface area contributed by atoms with E-state index in [4.69, 9.17) is 0 Å². The van der Waals surface area contributed by atoms with Gasteiger partial charge in [-0.05, 0) is 25.6 Å². The van der Waals surface area contributed by atoms with Crippen LogP contribution < -0.4 is 11.0 Å². The van der Waals surface area contributed by atoms with Gasteiger partial charge in [-0.2, -0.15) is 0 Å². The Bertz CT molecular complexity index is 639. The van der Waals surface area contributed by atoms with Crippen molar-refractivity contribution in [2.75, 3.05) is 6.26 Å². The molecule has 0 N–H and O–H groups in total. The standard InChI is InChI=1S/C11H14BN3OS/c1-4-15-9-7(5-8(12)10(15)16)6(2)13-11(14-9)17-3/h5H,4,12H2,1-3H3. The molecule has 6 heteroatoms. The van der Waals surface area contributed by atoms with Crippen LogP contribution in [0, 0.1) is 6.92 Å². The van der Waals surface area contributed by atoms with E-state index in [9.17, 15) is 4.79 Å². The summed E-state index contributed by atoms with van der Waals surface area (Å²) >= 11 is 1.49. The van der Waals surface area contributed by atoms with E-state index in [0.29, 0.717) is 11.7 Å². The highest BCUT2D eigenvalue weighted by molar-refractivity contribution is 7.98. The molecule has 0 spiro atoms. The lowest BCUT2D eigenvalue weighted by atomic mass is 9.96. The number of hydrogen-bond donors (Lipinski definition) is 0. The van der Waals surface area contributed by atoms with E-state index in [1.165, 1.54) is 11.8 Å². The fraction of sp³-hybridized carbons (Fsp3) is 0.364. The maximum absolute atomic E-state index is 12.0. The number of thioether (sulfide) groups is 1. The van der Waals surface area contributed by atoms with Gasteiger partial charge in [-0.25, -0.2) is 9.97 Å². The monoisotopic (exact) mass is 247 g/mol. The summed E-state index contributed by atoms with van der Waals surface area (Å²) in [5.74, 6) is 0. The molecule has 2 heterocycles. The average molecular weight is 247 g/mol. The van der Waals surface area contributed by atoms with Crippen molar-refractivity contribution in [1.29, 1.82) is 0 Å². The molecule has 2 aromatic heterocycles. The van der Waals surface area contributed by atoms with Crippen LogP contribution in [0.4, 0.5) is 0 Å². The number of nitrogens with zero attached hydrogens (tertiary/aromatic N) is 3. The lowest BCUT2D eigenvalue weighted by molar-refractivity contribution is 0.743. The van der Waals surface area contributed by atoms with Crippen LogP contribution in [0.5, 0.6) is 0 Å². The first-order chi connectivity index (χ1) is 8.08. The van der Waals surface area contributed by atoms with Crippen LogP contribution in [-0.4, -0.2) is 28.6 Å². The third kappa shape index (κ3) is 1.97. The van der Waals surface area contributed by atoms with Gasteiger partial charge >= 0.3 is 0 Å². The van der Waals surface area contributed by atoms with Gasteiger partial charge in [-0.1, -0.05) is 17.8 Å². The predicted molar refractivity (Wildman–Crippen MR) is 74.2 cm³/mol. The molecule has 0 saturated carbocycles. The molecule has 0 unspecified atom stereocenters. The van der Waals surface area contributed by atoms with Gasteiger partial charge in [-0.15, -0.1) is 0 Å². The highest BCUT2D eigenvalue weighted by Crippen LogP contribution is 2.17. The maximum atomic E-state index is 12.0. The Labute approximate surface area is 105 Å². The number of pyridine rings is 1. The quantitative estimate of drug-likeness (QED) is 0.429. The molecule has 0 fully saturated rings. The molecule has 0 aliphatic rings. The van der Waals surface area contributed by atoms with Crippen molar-refractivity contribution in [2.45, 2.75) is 25.5 Å². The van der Waals surface area contributed by atoms with Crippen molar-refractivity contribution in [2.24, 2.45) is 0 Å². The molecule has 2 rings (SSSR count). The van der Waals surface area contributed by atoms with Crippen molar-refractivity contribution >= 4 is 36.1 Å².